The molecule has 6 nitrogen and oxygen atoms in total. The van der Waals surface area contributed by atoms with E-state index in [1.54, 1.807) is 12.1 Å². The minimum Gasteiger partial charge on any atom is -0.507 e. The van der Waals surface area contributed by atoms with Crippen LogP contribution in [0.2, 0.25) is 0 Å². The molecule has 0 aliphatic rings. The van der Waals surface area contributed by atoms with Gasteiger partial charge in [0.05, 0.1) is 12.1 Å². The number of phenols is 1. The molecule has 90 valence electrons. The third-order valence-corrected chi connectivity index (χ3v) is 2.18. The van der Waals surface area contributed by atoms with Crippen LogP contribution in [0.5, 0.6) is 5.75 Å². The second-order valence-corrected chi connectivity index (χ2v) is 4.03. The summed E-state index contributed by atoms with van der Waals surface area (Å²) in [6.45, 7) is 0.583. The van der Waals surface area contributed by atoms with Crippen LogP contribution in [-0.2, 0) is 6.54 Å². The fourth-order valence-electron chi connectivity index (χ4n) is 1.44. The molecule has 1 heterocycles. The molecule has 0 amide bonds. The van der Waals surface area contributed by atoms with E-state index < -0.39 is 0 Å². The van der Waals surface area contributed by atoms with Crippen molar-refractivity contribution in [3.05, 3.63) is 24.0 Å². The lowest BCUT2D eigenvalue weighted by atomic mass is 10.2. The molecule has 0 spiro atoms. The van der Waals surface area contributed by atoms with Crippen LogP contribution in [0.15, 0.2) is 22.7 Å². The summed E-state index contributed by atoms with van der Waals surface area (Å²) in [5, 5.41) is 13.5. The van der Waals surface area contributed by atoms with Crippen molar-refractivity contribution >= 4 is 5.69 Å². The van der Waals surface area contributed by atoms with E-state index in [4.69, 9.17) is 10.3 Å². The van der Waals surface area contributed by atoms with Gasteiger partial charge in [0.1, 0.15) is 5.75 Å². The molecule has 0 bridgehead atoms. The van der Waals surface area contributed by atoms with E-state index in [2.05, 4.69) is 10.1 Å². The number of hydrogen-bond donors (Lipinski definition) is 2. The molecule has 2 rings (SSSR count). The lowest BCUT2D eigenvalue weighted by Crippen LogP contribution is -2.11. The number of nitrogen functional groups attached to an aromatic ring is 1. The molecule has 0 saturated carbocycles. The first-order valence-electron chi connectivity index (χ1n) is 5.12. The molecule has 0 aliphatic carbocycles. The smallest absolute Gasteiger partial charge is 0.261 e. The van der Waals surface area contributed by atoms with Crippen LogP contribution in [0.1, 0.15) is 5.82 Å². The summed E-state index contributed by atoms with van der Waals surface area (Å²) in [6, 6.07) is 4.77. The Morgan fingerprint density at radius 1 is 1.41 bits per heavy atom. The van der Waals surface area contributed by atoms with E-state index in [1.165, 1.54) is 6.07 Å². The number of nitrogens with zero attached hydrogens (tertiary/aromatic N) is 3. The summed E-state index contributed by atoms with van der Waals surface area (Å²) in [7, 11) is 3.83. The Bertz CT molecular complexity index is 522. The molecule has 0 radical (unpaired) electrons. The lowest BCUT2D eigenvalue weighted by molar-refractivity contribution is 0.365. The topological polar surface area (TPSA) is 88.4 Å². The van der Waals surface area contributed by atoms with Gasteiger partial charge in [0.25, 0.3) is 5.89 Å². The van der Waals surface area contributed by atoms with E-state index in [1.807, 2.05) is 19.0 Å². The molecule has 0 aliphatic heterocycles. The van der Waals surface area contributed by atoms with Crippen LogP contribution in [-0.4, -0.2) is 34.2 Å². The summed E-state index contributed by atoms with van der Waals surface area (Å²) >= 11 is 0. The molecule has 3 N–H and O–H groups in total. The van der Waals surface area contributed by atoms with Gasteiger partial charge in [-0.1, -0.05) is 5.16 Å². The van der Waals surface area contributed by atoms with Crippen LogP contribution in [0.3, 0.4) is 0 Å². The van der Waals surface area contributed by atoms with Crippen molar-refractivity contribution in [2.45, 2.75) is 6.54 Å². The van der Waals surface area contributed by atoms with Crippen LogP contribution in [0, 0.1) is 0 Å². The maximum Gasteiger partial charge on any atom is 0.261 e. The molecule has 1 aromatic heterocycles. The number of nitrogens with two attached hydrogens (primary N) is 1. The largest absolute Gasteiger partial charge is 0.507 e. The summed E-state index contributed by atoms with van der Waals surface area (Å²) in [5.41, 5.74) is 6.51. The molecule has 1 aromatic carbocycles. The molecule has 17 heavy (non-hydrogen) atoms. The normalized spacial score (nSPS) is 11.0. The lowest BCUT2D eigenvalue weighted by Gasteiger charge is -2.03. The van der Waals surface area contributed by atoms with Gasteiger partial charge < -0.3 is 20.3 Å². The highest BCUT2D eigenvalue weighted by atomic mass is 16.5. The van der Waals surface area contributed by atoms with Gasteiger partial charge in [-0.2, -0.15) is 4.98 Å². The van der Waals surface area contributed by atoms with Crippen molar-refractivity contribution in [1.82, 2.24) is 15.0 Å². The number of benzene rings is 1. The number of hydrogen-bond acceptors (Lipinski definition) is 6. The molecular weight excluding hydrogens is 220 g/mol. The van der Waals surface area contributed by atoms with Gasteiger partial charge in [0.15, 0.2) is 5.82 Å². The third-order valence-electron chi connectivity index (χ3n) is 2.18. The predicted octanol–water partition coefficient (Wildman–Crippen LogP) is 1.09. The Kier molecular flexibility index (Phi) is 2.97. The van der Waals surface area contributed by atoms with Gasteiger partial charge in [0.2, 0.25) is 0 Å². The standard InChI is InChI=1S/C11H14N4O2/c1-15(2)6-10-13-11(17-14-10)8-4-3-7(12)5-9(8)16/h3-5,16H,6,12H2,1-2H3. The first kappa shape index (κ1) is 11.4. The zero-order valence-electron chi connectivity index (χ0n) is 9.71. The zero-order chi connectivity index (χ0) is 12.4. The van der Waals surface area contributed by atoms with Crippen molar-refractivity contribution in [3.8, 4) is 17.2 Å². The van der Waals surface area contributed by atoms with E-state index in [0.717, 1.165) is 0 Å². The summed E-state index contributed by atoms with van der Waals surface area (Å²) in [4.78, 5) is 6.12. The van der Waals surface area contributed by atoms with E-state index in [0.29, 0.717) is 29.5 Å². The Morgan fingerprint density at radius 3 is 2.82 bits per heavy atom. The summed E-state index contributed by atoms with van der Waals surface area (Å²) < 4.78 is 5.08. The van der Waals surface area contributed by atoms with Gasteiger partial charge in [-0.3, -0.25) is 0 Å². The molecule has 6 heteroatoms. The Morgan fingerprint density at radius 2 is 2.18 bits per heavy atom. The third kappa shape index (κ3) is 2.54. The average molecular weight is 234 g/mol. The van der Waals surface area contributed by atoms with Crippen LogP contribution >= 0.6 is 0 Å². The molecular formula is C11H14N4O2. The fraction of sp³-hybridized carbons (Fsp3) is 0.273. The minimum absolute atomic E-state index is 0.0325. The second-order valence-electron chi connectivity index (χ2n) is 4.03. The highest BCUT2D eigenvalue weighted by Crippen LogP contribution is 2.29. The Hall–Kier alpha value is -2.08. The van der Waals surface area contributed by atoms with Gasteiger partial charge in [-0.05, 0) is 26.2 Å². The number of aromatic hydroxyl groups is 1. The van der Waals surface area contributed by atoms with E-state index in [9.17, 15) is 5.11 Å². The minimum atomic E-state index is 0.0325. The molecule has 2 aromatic rings. The van der Waals surface area contributed by atoms with Crippen molar-refractivity contribution < 1.29 is 9.63 Å². The van der Waals surface area contributed by atoms with Gasteiger partial charge in [-0.15, -0.1) is 0 Å². The molecule has 0 unspecified atom stereocenters. The first-order chi connectivity index (χ1) is 8.06. The van der Waals surface area contributed by atoms with Gasteiger partial charge in [0, 0.05) is 11.8 Å². The highest BCUT2D eigenvalue weighted by molar-refractivity contribution is 5.66. The maximum atomic E-state index is 9.72. The fourth-order valence-corrected chi connectivity index (χ4v) is 1.44. The van der Waals surface area contributed by atoms with Crippen LogP contribution in [0.25, 0.3) is 11.5 Å². The second kappa shape index (κ2) is 4.42. The molecule has 0 saturated heterocycles. The number of aromatic nitrogens is 2. The van der Waals surface area contributed by atoms with Crippen LogP contribution < -0.4 is 5.73 Å². The summed E-state index contributed by atoms with van der Waals surface area (Å²) in [5.74, 6) is 0.894. The van der Waals surface area contributed by atoms with Crippen molar-refractivity contribution in [1.29, 1.82) is 0 Å². The highest BCUT2D eigenvalue weighted by Gasteiger charge is 2.13. The summed E-state index contributed by atoms with van der Waals surface area (Å²) in [6.07, 6.45) is 0. The Labute approximate surface area is 98.7 Å². The first-order valence-corrected chi connectivity index (χ1v) is 5.12. The molecule has 0 atom stereocenters. The van der Waals surface area contributed by atoms with Gasteiger partial charge >= 0.3 is 0 Å². The quantitative estimate of drug-likeness (QED) is 0.773. The number of anilines is 1. The number of rotatable bonds is 3. The van der Waals surface area contributed by atoms with Crippen molar-refractivity contribution in [2.75, 3.05) is 19.8 Å². The van der Waals surface area contributed by atoms with Crippen LogP contribution in [0.4, 0.5) is 5.69 Å². The monoisotopic (exact) mass is 234 g/mol. The predicted molar refractivity (Wildman–Crippen MR) is 63.2 cm³/mol. The number of phenolic OH excluding ortho intramolecular Hbond substituents is 1. The zero-order valence-corrected chi connectivity index (χ0v) is 9.71. The van der Waals surface area contributed by atoms with Crippen molar-refractivity contribution in [2.24, 2.45) is 0 Å². The van der Waals surface area contributed by atoms with Gasteiger partial charge in [-0.25, -0.2) is 0 Å². The molecule has 0 fully saturated rings. The SMILES string of the molecule is CN(C)Cc1noc(-c2ccc(N)cc2O)n1. The van der Waals surface area contributed by atoms with Crippen molar-refractivity contribution in [3.63, 3.8) is 0 Å². The maximum absolute atomic E-state index is 9.72. The Balaban J connectivity index is 2.30. The average Bonchev–Trinajstić information content (AvgIpc) is 2.65. The van der Waals surface area contributed by atoms with E-state index >= 15 is 0 Å². The van der Waals surface area contributed by atoms with E-state index in [-0.39, 0.29) is 5.75 Å².